The second-order valence-corrected chi connectivity index (χ2v) is 7.98. The minimum Gasteiger partial charge on any atom is -0.465 e. The number of anilines is 2. The summed E-state index contributed by atoms with van der Waals surface area (Å²) < 4.78 is 4.81. The lowest BCUT2D eigenvalue weighted by atomic mass is 9.99. The largest absolute Gasteiger partial charge is 0.465 e. The molecule has 1 aliphatic rings. The summed E-state index contributed by atoms with van der Waals surface area (Å²) in [5, 5.41) is 6.32. The molecule has 0 bridgehead atoms. The van der Waals surface area contributed by atoms with Crippen LogP contribution in [0.5, 0.6) is 0 Å². The normalized spacial score (nSPS) is 13.9. The molecule has 3 aromatic rings. The van der Waals surface area contributed by atoms with Crippen molar-refractivity contribution in [1.82, 2.24) is 9.88 Å². The van der Waals surface area contributed by atoms with E-state index in [2.05, 4.69) is 46.5 Å². The SMILES string of the molecule is CCN(CC)Cc1ccc(N/C(=C2\C(=O)Nc3cc(C(=O)OC)ccc32)c2cccnc2)cc1. The lowest BCUT2D eigenvalue weighted by Crippen LogP contribution is -2.22. The number of methoxy groups -OCH3 is 1. The van der Waals surface area contributed by atoms with Crippen LogP contribution in [0.15, 0.2) is 67.0 Å². The van der Waals surface area contributed by atoms with Gasteiger partial charge in [-0.05, 0) is 55.1 Å². The van der Waals surface area contributed by atoms with E-state index >= 15 is 0 Å². The number of aromatic nitrogens is 1. The maximum Gasteiger partial charge on any atom is 0.337 e. The summed E-state index contributed by atoms with van der Waals surface area (Å²) in [7, 11) is 1.33. The number of hydrogen-bond acceptors (Lipinski definition) is 6. The van der Waals surface area contributed by atoms with Gasteiger partial charge in [-0.15, -0.1) is 0 Å². The first-order valence-electron chi connectivity index (χ1n) is 11.3. The number of nitrogens with one attached hydrogen (secondary N) is 2. The number of esters is 1. The fraction of sp³-hybridized carbons (Fsp3) is 0.222. The van der Waals surface area contributed by atoms with Crippen LogP contribution in [-0.4, -0.2) is 42.0 Å². The maximum absolute atomic E-state index is 13.1. The van der Waals surface area contributed by atoms with Gasteiger partial charge in [0.15, 0.2) is 0 Å². The van der Waals surface area contributed by atoms with Gasteiger partial charge in [0.05, 0.1) is 29.6 Å². The molecular weight excluding hydrogens is 428 g/mol. The molecule has 0 fully saturated rings. The summed E-state index contributed by atoms with van der Waals surface area (Å²) in [5.41, 5.74) is 5.67. The summed E-state index contributed by atoms with van der Waals surface area (Å²) in [6.07, 6.45) is 3.41. The summed E-state index contributed by atoms with van der Waals surface area (Å²) in [6, 6.07) is 17.0. The van der Waals surface area contributed by atoms with Crippen molar-refractivity contribution in [2.75, 3.05) is 30.8 Å². The Morgan fingerprint density at radius 1 is 1.06 bits per heavy atom. The summed E-state index contributed by atoms with van der Waals surface area (Å²) in [6.45, 7) is 7.21. The first-order valence-corrected chi connectivity index (χ1v) is 11.3. The minimum absolute atomic E-state index is 0.249. The van der Waals surface area contributed by atoms with Crippen LogP contribution in [0.25, 0.3) is 11.3 Å². The number of rotatable bonds is 8. The summed E-state index contributed by atoms with van der Waals surface area (Å²) >= 11 is 0. The molecule has 4 rings (SSSR count). The highest BCUT2D eigenvalue weighted by Gasteiger charge is 2.29. The molecule has 1 aliphatic heterocycles. The number of carbonyl (C=O) groups is 2. The van der Waals surface area contributed by atoms with E-state index in [0.717, 1.165) is 30.9 Å². The Hall–Kier alpha value is -3.97. The Kier molecular flexibility index (Phi) is 7.04. The van der Waals surface area contributed by atoms with Gasteiger partial charge in [-0.1, -0.05) is 32.0 Å². The van der Waals surface area contributed by atoms with Gasteiger partial charge in [0.1, 0.15) is 0 Å². The van der Waals surface area contributed by atoms with E-state index in [1.807, 2.05) is 24.3 Å². The highest BCUT2D eigenvalue weighted by atomic mass is 16.5. The topological polar surface area (TPSA) is 83.6 Å². The zero-order valence-electron chi connectivity index (χ0n) is 19.6. The molecular formula is C27H28N4O3. The van der Waals surface area contributed by atoms with E-state index in [1.54, 1.807) is 30.6 Å². The van der Waals surface area contributed by atoms with E-state index in [1.165, 1.54) is 12.7 Å². The average molecular weight is 457 g/mol. The third-order valence-corrected chi connectivity index (χ3v) is 5.91. The van der Waals surface area contributed by atoms with Crippen molar-refractivity contribution < 1.29 is 14.3 Å². The van der Waals surface area contributed by atoms with Crippen molar-refractivity contribution in [1.29, 1.82) is 0 Å². The molecule has 0 spiro atoms. The number of nitrogens with zero attached hydrogens (tertiary/aromatic N) is 2. The van der Waals surface area contributed by atoms with Crippen LogP contribution in [0.2, 0.25) is 0 Å². The van der Waals surface area contributed by atoms with Crippen molar-refractivity contribution in [2.45, 2.75) is 20.4 Å². The van der Waals surface area contributed by atoms with Crippen molar-refractivity contribution in [2.24, 2.45) is 0 Å². The van der Waals surface area contributed by atoms with Gasteiger partial charge >= 0.3 is 5.97 Å². The Labute approximate surface area is 199 Å². The van der Waals surface area contributed by atoms with Crippen LogP contribution in [0, 0.1) is 0 Å². The van der Waals surface area contributed by atoms with E-state index in [0.29, 0.717) is 28.1 Å². The third-order valence-electron chi connectivity index (χ3n) is 5.91. The summed E-state index contributed by atoms with van der Waals surface area (Å²) in [5.74, 6) is -0.702. The molecule has 34 heavy (non-hydrogen) atoms. The predicted octanol–water partition coefficient (Wildman–Crippen LogP) is 4.64. The molecule has 2 heterocycles. The molecule has 7 heteroatoms. The molecule has 2 N–H and O–H groups in total. The van der Waals surface area contributed by atoms with Crippen LogP contribution >= 0.6 is 0 Å². The highest BCUT2D eigenvalue weighted by molar-refractivity contribution is 6.37. The van der Waals surface area contributed by atoms with Crippen molar-refractivity contribution in [3.63, 3.8) is 0 Å². The number of fused-ring (bicyclic) bond motifs is 1. The van der Waals surface area contributed by atoms with Gasteiger partial charge in [-0.3, -0.25) is 14.7 Å². The van der Waals surface area contributed by atoms with Gasteiger partial charge in [-0.25, -0.2) is 4.79 Å². The highest BCUT2D eigenvalue weighted by Crippen LogP contribution is 2.38. The standard InChI is InChI=1S/C27H28N4O3/c1-4-31(5-2)17-18-8-11-21(12-9-18)29-25(20-7-6-14-28-16-20)24-22-13-10-19(27(33)34-3)15-23(22)30-26(24)32/h6-16,29H,4-5,17H2,1-3H3,(H,30,32)/b25-24-. The molecule has 1 aromatic heterocycles. The van der Waals surface area contributed by atoms with Crippen LogP contribution in [0.3, 0.4) is 0 Å². The Balaban J connectivity index is 1.73. The fourth-order valence-electron chi connectivity index (χ4n) is 4.00. The van der Waals surface area contributed by atoms with Gasteiger partial charge in [0.25, 0.3) is 5.91 Å². The number of pyridine rings is 1. The quantitative estimate of drug-likeness (QED) is 0.379. The van der Waals surface area contributed by atoms with Crippen molar-refractivity contribution in [3.05, 3.63) is 89.2 Å². The van der Waals surface area contributed by atoms with Crippen molar-refractivity contribution in [3.8, 4) is 0 Å². The smallest absolute Gasteiger partial charge is 0.337 e. The Morgan fingerprint density at radius 2 is 1.82 bits per heavy atom. The predicted molar refractivity (Wildman–Crippen MR) is 134 cm³/mol. The third kappa shape index (κ3) is 4.84. The number of amides is 1. The van der Waals surface area contributed by atoms with Gasteiger partial charge < -0.3 is 15.4 Å². The second kappa shape index (κ2) is 10.3. The molecule has 0 saturated carbocycles. The van der Waals surface area contributed by atoms with Crippen LogP contribution < -0.4 is 10.6 Å². The first-order chi connectivity index (χ1) is 16.5. The molecule has 0 saturated heterocycles. The Bertz CT molecular complexity index is 1220. The van der Waals surface area contributed by atoms with Crippen LogP contribution in [0.4, 0.5) is 11.4 Å². The molecule has 7 nitrogen and oxygen atoms in total. The number of ether oxygens (including phenoxy) is 1. The molecule has 1 amide bonds. The van der Waals surface area contributed by atoms with E-state index in [9.17, 15) is 9.59 Å². The monoisotopic (exact) mass is 456 g/mol. The molecule has 0 unspecified atom stereocenters. The zero-order valence-corrected chi connectivity index (χ0v) is 19.6. The lowest BCUT2D eigenvalue weighted by molar-refractivity contribution is -0.110. The molecule has 0 radical (unpaired) electrons. The molecule has 2 aromatic carbocycles. The van der Waals surface area contributed by atoms with E-state index in [-0.39, 0.29) is 5.91 Å². The molecule has 174 valence electrons. The van der Waals surface area contributed by atoms with Crippen LogP contribution in [-0.2, 0) is 16.1 Å². The zero-order chi connectivity index (χ0) is 24.1. The van der Waals surface area contributed by atoms with Crippen LogP contribution in [0.1, 0.15) is 40.9 Å². The first kappa shape index (κ1) is 23.2. The van der Waals surface area contributed by atoms with Gasteiger partial charge in [0.2, 0.25) is 0 Å². The average Bonchev–Trinajstić information content (AvgIpc) is 3.21. The van der Waals surface area contributed by atoms with Crippen molar-refractivity contribution >= 4 is 34.5 Å². The van der Waals surface area contributed by atoms with E-state index in [4.69, 9.17) is 4.74 Å². The number of carbonyl (C=O) groups excluding carboxylic acids is 2. The molecule has 0 atom stereocenters. The number of hydrogen-bond donors (Lipinski definition) is 2. The maximum atomic E-state index is 13.1. The number of benzene rings is 2. The van der Waals surface area contributed by atoms with Gasteiger partial charge in [-0.2, -0.15) is 0 Å². The van der Waals surface area contributed by atoms with E-state index < -0.39 is 5.97 Å². The summed E-state index contributed by atoms with van der Waals surface area (Å²) in [4.78, 5) is 31.6. The van der Waals surface area contributed by atoms with Gasteiger partial charge in [0, 0.05) is 35.8 Å². The fourth-order valence-corrected chi connectivity index (χ4v) is 4.00. The molecule has 0 aliphatic carbocycles. The second-order valence-electron chi connectivity index (χ2n) is 7.98. The minimum atomic E-state index is -0.454. The Morgan fingerprint density at radius 3 is 2.47 bits per heavy atom. The lowest BCUT2D eigenvalue weighted by Gasteiger charge is -2.18.